The number of hydrogen-bond donors (Lipinski definition) is 2. The molecular formula is C7H10N2O2. The fraction of sp³-hybridized carbons (Fsp3) is 0.286. The van der Waals surface area contributed by atoms with Crippen LogP contribution in [0.5, 0.6) is 0 Å². The molecule has 4 nitrogen and oxygen atoms in total. The van der Waals surface area contributed by atoms with Crippen LogP contribution in [0.2, 0.25) is 0 Å². The van der Waals surface area contributed by atoms with E-state index in [2.05, 4.69) is 0 Å². The minimum absolute atomic E-state index is 0.269. The van der Waals surface area contributed by atoms with E-state index in [9.17, 15) is 4.79 Å². The van der Waals surface area contributed by atoms with Crippen molar-refractivity contribution in [3.63, 3.8) is 0 Å². The smallest absolute Gasteiger partial charge is 0.352 e. The summed E-state index contributed by atoms with van der Waals surface area (Å²) in [5, 5.41) is 8.61. The zero-order chi connectivity index (χ0) is 8.43. The van der Waals surface area contributed by atoms with Gasteiger partial charge in [0.15, 0.2) is 0 Å². The molecule has 1 rings (SSSR count). The van der Waals surface area contributed by atoms with Gasteiger partial charge in [0.25, 0.3) is 0 Å². The van der Waals surface area contributed by atoms with E-state index in [-0.39, 0.29) is 5.69 Å². The Balaban J connectivity index is 3.10. The van der Waals surface area contributed by atoms with Gasteiger partial charge in [0.1, 0.15) is 5.69 Å². The van der Waals surface area contributed by atoms with Crippen molar-refractivity contribution in [3.05, 3.63) is 23.5 Å². The molecule has 0 aliphatic rings. The maximum Gasteiger partial charge on any atom is 0.352 e. The lowest BCUT2D eigenvalue weighted by atomic mass is 10.4. The first-order valence-corrected chi connectivity index (χ1v) is 3.24. The summed E-state index contributed by atoms with van der Waals surface area (Å²) in [5.74, 6) is -0.924. The van der Waals surface area contributed by atoms with E-state index in [4.69, 9.17) is 10.8 Å². The highest BCUT2D eigenvalue weighted by atomic mass is 16.4. The van der Waals surface area contributed by atoms with Crippen molar-refractivity contribution < 1.29 is 9.90 Å². The van der Waals surface area contributed by atoms with Crippen molar-refractivity contribution in [2.75, 3.05) is 0 Å². The van der Waals surface area contributed by atoms with Crippen LogP contribution in [0.15, 0.2) is 12.1 Å². The number of carboxylic acids is 1. The lowest BCUT2D eigenvalue weighted by Crippen LogP contribution is -2.09. The largest absolute Gasteiger partial charge is 0.477 e. The van der Waals surface area contributed by atoms with Gasteiger partial charge in [0.05, 0.1) is 0 Å². The predicted molar refractivity (Wildman–Crippen MR) is 40.3 cm³/mol. The topological polar surface area (TPSA) is 68.2 Å². The molecular weight excluding hydrogens is 144 g/mol. The van der Waals surface area contributed by atoms with Gasteiger partial charge < -0.3 is 15.4 Å². The van der Waals surface area contributed by atoms with Gasteiger partial charge in [0.2, 0.25) is 0 Å². The molecule has 1 aromatic rings. The van der Waals surface area contributed by atoms with Crippen LogP contribution >= 0.6 is 0 Å². The molecule has 1 heterocycles. The van der Waals surface area contributed by atoms with Gasteiger partial charge in [0, 0.05) is 19.3 Å². The van der Waals surface area contributed by atoms with E-state index >= 15 is 0 Å². The van der Waals surface area contributed by atoms with E-state index in [1.807, 2.05) is 0 Å². The number of carboxylic acid groups (broad SMARTS) is 1. The molecule has 0 bridgehead atoms. The van der Waals surface area contributed by atoms with Gasteiger partial charge in [-0.15, -0.1) is 0 Å². The number of aromatic nitrogens is 1. The molecule has 0 saturated heterocycles. The van der Waals surface area contributed by atoms with Crippen molar-refractivity contribution in [1.29, 1.82) is 0 Å². The van der Waals surface area contributed by atoms with Crippen LogP contribution in [-0.2, 0) is 13.6 Å². The van der Waals surface area contributed by atoms with Crippen LogP contribution in [0.3, 0.4) is 0 Å². The molecule has 3 N–H and O–H groups in total. The summed E-state index contributed by atoms with van der Waals surface area (Å²) in [6.07, 6.45) is 0. The average molecular weight is 154 g/mol. The summed E-state index contributed by atoms with van der Waals surface area (Å²) in [4.78, 5) is 10.5. The maximum atomic E-state index is 10.5. The minimum Gasteiger partial charge on any atom is -0.477 e. The molecule has 0 radical (unpaired) electrons. The quantitative estimate of drug-likeness (QED) is 0.638. The Bertz CT molecular complexity index is 278. The molecule has 1 aromatic heterocycles. The minimum atomic E-state index is -0.924. The van der Waals surface area contributed by atoms with Gasteiger partial charge >= 0.3 is 5.97 Å². The second-order valence-corrected chi connectivity index (χ2v) is 2.28. The Morgan fingerprint density at radius 2 is 2.36 bits per heavy atom. The summed E-state index contributed by atoms with van der Waals surface area (Å²) in [5.41, 5.74) is 6.44. The number of carbonyl (C=O) groups is 1. The first-order valence-electron chi connectivity index (χ1n) is 3.24. The van der Waals surface area contributed by atoms with Crippen LogP contribution in [0.1, 0.15) is 16.2 Å². The molecule has 0 aromatic carbocycles. The molecule has 4 heteroatoms. The van der Waals surface area contributed by atoms with Crippen molar-refractivity contribution in [2.45, 2.75) is 6.54 Å². The van der Waals surface area contributed by atoms with E-state index in [0.29, 0.717) is 6.54 Å². The summed E-state index contributed by atoms with van der Waals surface area (Å²) in [6, 6.07) is 3.26. The van der Waals surface area contributed by atoms with E-state index in [1.54, 1.807) is 23.7 Å². The summed E-state index contributed by atoms with van der Waals surface area (Å²) < 4.78 is 1.57. The van der Waals surface area contributed by atoms with Gasteiger partial charge in [-0.25, -0.2) is 4.79 Å². The van der Waals surface area contributed by atoms with Crippen LogP contribution in [0.4, 0.5) is 0 Å². The molecule has 0 aliphatic carbocycles. The van der Waals surface area contributed by atoms with Crippen molar-refractivity contribution in [2.24, 2.45) is 12.8 Å². The molecule has 0 atom stereocenters. The Labute approximate surface area is 64.2 Å². The van der Waals surface area contributed by atoms with Crippen molar-refractivity contribution in [1.82, 2.24) is 4.57 Å². The summed E-state index contributed by atoms with van der Waals surface area (Å²) in [7, 11) is 1.69. The summed E-state index contributed by atoms with van der Waals surface area (Å²) in [6.45, 7) is 0.365. The van der Waals surface area contributed by atoms with E-state index in [0.717, 1.165) is 5.69 Å². The fourth-order valence-electron chi connectivity index (χ4n) is 0.973. The van der Waals surface area contributed by atoms with Gasteiger partial charge in [-0.2, -0.15) is 0 Å². The van der Waals surface area contributed by atoms with Gasteiger partial charge in [-0.05, 0) is 12.1 Å². The van der Waals surface area contributed by atoms with Gasteiger partial charge in [-0.1, -0.05) is 0 Å². The fourth-order valence-corrected chi connectivity index (χ4v) is 0.973. The second kappa shape index (κ2) is 2.75. The predicted octanol–water partition coefficient (Wildman–Crippen LogP) is 0.182. The number of nitrogens with zero attached hydrogens (tertiary/aromatic N) is 1. The first kappa shape index (κ1) is 7.81. The van der Waals surface area contributed by atoms with Crippen LogP contribution in [0, 0.1) is 0 Å². The van der Waals surface area contributed by atoms with Crippen molar-refractivity contribution >= 4 is 5.97 Å². The Hall–Kier alpha value is -1.29. The third-order valence-electron chi connectivity index (χ3n) is 1.65. The third kappa shape index (κ3) is 1.25. The molecule has 60 valence electrons. The highest BCUT2D eigenvalue weighted by Crippen LogP contribution is 2.05. The maximum absolute atomic E-state index is 10.5. The number of rotatable bonds is 2. The zero-order valence-electron chi connectivity index (χ0n) is 6.24. The Morgan fingerprint density at radius 3 is 2.64 bits per heavy atom. The van der Waals surface area contributed by atoms with Crippen LogP contribution in [0.25, 0.3) is 0 Å². The third-order valence-corrected chi connectivity index (χ3v) is 1.65. The molecule has 0 unspecified atom stereocenters. The molecule has 0 amide bonds. The van der Waals surface area contributed by atoms with E-state index < -0.39 is 5.97 Å². The molecule has 0 saturated carbocycles. The van der Waals surface area contributed by atoms with Gasteiger partial charge in [-0.3, -0.25) is 0 Å². The second-order valence-electron chi connectivity index (χ2n) is 2.28. The molecule has 0 aliphatic heterocycles. The zero-order valence-corrected chi connectivity index (χ0v) is 6.24. The van der Waals surface area contributed by atoms with E-state index in [1.165, 1.54) is 0 Å². The summed E-state index contributed by atoms with van der Waals surface area (Å²) >= 11 is 0. The van der Waals surface area contributed by atoms with Crippen LogP contribution < -0.4 is 5.73 Å². The molecule has 11 heavy (non-hydrogen) atoms. The highest BCUT2D eigenvalue weighted by Gasteiger charge is 2.08. The first-order chi connectivity index (χ1) is 5.16. The Morgan fingerprint density at radius 1 is 1.73 bits per heavy atom. The standard InChI is InChI=1S/C7H10N2O2/c1-9-5(4-8)2-3-6(9)7(10)11/h2-3H,4,8H2,1H3,(H,10,11). The Kier molecular flexibility index (Phi) is 1.96. The lowest BCUT2D eigenvalue weighted by Gasteiger charge is -2.00. The molecule has 0 spiro atoms. The van der Waals surface area contributed by atoms with Crippen LogP contribution in [-0.4, -0.2) is 15.6 Å². The highest BCUT2D eigenvalue weighted by molar-refractivity contribution is 5.86. The van der Waals surface area contributed by atoms with Crippen molar-refractivity contribution in [3.8, 4) is 0 Å². The number of nitrogens with two attached hydrogens (primary N) is 1. The lowest BCUT2D eigenvalue weighted by molar-refractivity contribution is 0.0686. The molecule has 0 fully saturated rings. The normalized spacial score (nSPS) is 10.0. The average Bonchev–Trinajstić information content (AvgIpc) is 2.30. The number of aromatic carboxylic acids is 1. The number of hydrogen-bond acceptors (Lipinski definition) is 2. The monoisotopic (exact) mass is 154 g/mol. The SMILES string of the molecule is Cn1c(CN)ccc1C(=O)O.